The Hall–Kier alpha value is -5.30. The van der Waals surface area contributed by atoms with E-state index in [0.29, 0.717) is 17.7 Å². The highest BCUT2D eigenvalue weighted by Gasteiger charge is 2.41. The fraction of sp³-hybridized carbons (Fsp3) is 0.395. The average molecular weight is 826 g/mol. The Kier molecular flexibility index (Phi) is 14.2. The first-order valence-corrected chi connectivity index (χ1v) is 20.0. The normalized spacial score (nSPS) is 16.8. The summed E-state index contributed by atoms with van der Waals surface area (Å²) in [6, 6.07) is 22.5. The lowest BCUT2D eigenvalue weighted by molar-refractivity contribution is -0.117. The molecule has 2 aliphatic rings. The highest BCUT2D eigenvalue weighted by molar-refractivity contribution is 9.10. The Morgan fingerprint density at radius 2 is 1.18 bits per heavy atom. The van der Waals surface area contributed by atoms with Crippen molar-refractivity contribution in [1.82, 2.24) is 19.8 Å². The molecule has 2 atom stereocenters. The first-order valence-electron chi connectivity index (χ1n) is 19.2. The van der Waals surface area contributed by atoms with Crippen LogP contribution < -0.4 is 20.4 Å². The summed E-state index contributed by atoms with van der Waals surface area (Å²) < 4.78 is 0.715. The van der Waals surface area contributed by atoms with Crippen LogP contribution in [0.4, 0.5) is 32.3 Å². The molecule has 0 radical (unpaired) electrons. The highest BCUT2D eigenvalue weighted by atomic mass is 79.9. The van der Waals surface area contributed by atoms with Gasteiger partial charge in [-0.1, -0.05) is 65.3 Å². The molecule has 2 saturated heterocycles. The number of urea groups is 2. The molecule has 2 N–H and O–H groups in total. The Morgan fingerprint density at radius 3 is 1.55 bits per heavy atom. The molecule has 2 aliphatic heterocycles. The van der Waals surface area contributed by atoms with Crippen LogP contribution in [0.25, 0.3) is 0 Å². The fourth-order valence-electron chi connectivity index (χ4n) is 6.93. The van der Waals surface area contributed by atoms with E-state index in [1.165, 1.54) is 0 Å². The van der Waals surface area contributed by atoms with E-state index >= 15 is 0 Å². The summed E-state index contributed by atoms with van der Waals surface area (Å²) in [5.41, 5.74) is 6.16. The number of nitrogens with one attached hydrogen (secondary N) is 2. The van der Waals surface area contributed by atoms with Crippen molar-refractivity contribution in [2.45, 2.75) is 73.4 Å². The molecule has 0 spiro atoms. The van der Waals surface area contributed by atoms with Crippen LogP contribution in [-0.4, -0.2) is 81.9 Å². The first kappa shape index (κ1) is 41.9. The van der Waals surface area contributed by atoms with Crippen molar-refractivity contribution >= 4 is 62.6 Å². The minimum atomic E-state index is -0.199. The largest absolute Gasteiger partial charge is 0.325 e. The van der Waals surface area contributed by atoms with Crippen molar-refractivity contribution in [2.75, 3.05) is 46.6 Å². The number of carbonyl (C=O) groups is 4. The third kappa shape index (κ3) is 10.7. The molecular weight excluding hydrogens is 772 g/mol. The number of amides is 6. The minimum absolute atomic E-state index is 0.0239. The summed E-state index contributed by atoms with van der Waals surface area (Å²) >= 11 is 3.31. The summed E-state index contributed by atoms with van der Waals surface area (Å²) in [6.07, 6.45) is 5.38. The Labute approximate surface area is 338 Å². The van der Waals surface area contributed by atoms with Gasteiger partial charge in [0, 0.05) is 30.2 Å². The van der Waals surface area contributed by atoms with E-state index in [9.17, 15) is 19.2 Å². The third-order valence-electron chi connectivity index (χ3n) is 9.91. The van der Waals surface area contributed by atoms with Gasteiger partial charge in [0.2, 0.25) is 11.8 Å². The fourth-order valence-corrected chi connectivity index (χ4v) is 7.16. The van der Waals surface area contributed by atoms with Crippen LogP contribution in [0.2, 0.25) is 0 Å². The molecule has 6 rings (SSSR count). The Morgan fingerprint density at radius 1 is 0.714 bits per heavy atom. The molecule has 0 unspecified atom stereocenters. The predicted molar refractivity (Wildman–Crippen MR) is 226 cm³/mol. The molecule has 2 aromatic heterocycles. The third-order valence-corrected chi connectivity index (χ3v) is 10.4. The van der Waals surface area contributed by atoms with E-state index in [2.05, 4.69) is 71.2 Å². The van der Waals surface area contributed by atoms with E-state index in [1.54, 1.807) is 38.1 Å². The van der Waals surface area contributed by atoms with Crippen LogP contribution in [-0.2, 0) is 16.0 Å². The van der Waals surface area contributed by atoms with Gasteiger partial charge >= 0.3 is 12.1 Å². The van der Waals surface area contributed by atoms with E-state index in [-0.39, 0.29) is 60.9 Å². The molecule has 6 amide bonds. The van der Waals surface area contributed by atoms with Crippen molar-refractivity contribution in [2.24, 2.45) is 11.8 Å². The maximum Gasteiger partial charge on any atom is 0.325 e. The van der Waals surface area contributed by atoms with Gasteiger partial charge in [-0.15, -0.1) is 0 Å². The molecule has 0 aliphatic carbocycles. The molecular formula is C43H53BrN8O4. The first-order chi connectivity index (χ1) is 26.7. The summed E-state index contributed by atoms with van der Waals surface area (Å²) in [7, 11) is 0. The Balaban J connectivity index is 0.000000215. The number of aryl methyl sites for hydroxylation is 3. The summed E-state index contributed by atoms with van der Waals surface area (Å²) in [5, 5.41) is 5.78. The van der Waals surface area contributed by atoms with Crippen LogP contribution in [0.3, 0.4) is 0 Å². The van der Waals surface area contributed by atoms with E-state index in [1.807, 2.05) is 80.6 Å². The average Bonchev–Trinajstić information content (AvgIpc) is 3.65. The SMILES string of the molecule is CCCc1ccc(N2C[C@H](C(C)C)N(CC(=O)Nc3cccc(C)c3)C2=O)cn1.Cc1cccc(NC(=O)CN2C(=O)N(c3ccc(Br)nc3)C[C@@H]2C(C)C)c1. The lowest BCUT2D eigenvalue weighted by Gasteiger charge is -2.25. The van der Waals surface area contributed by atoms with Gasteiger partial charge in [0.25, 0.3) is 0 Å². The Bertz CT molecular complexity index is 1990. The number of hydrogen-bond donors (Lipinski definition) is 2. The molecule has 12 nitrogen and oxygen atoms in total. The predicted octanol–water partition coefficient (Wildman–Crippen LogP) is 8.31. The van der Waals surface area contributed by atoms with Gasteiger partial charge in [0.1, 0.15) is 17.7 Å². The van der Waals surface area contributed by atoms with Crippen LogP contribution >= 0.6 is 15.9 Å². The molecule has 2 aromatic carbocycles. The summed E-state index contributed by atoms with van der Waals surface area (Å²) in [5.74, 6) is 0.0837. The van der Waals surface area contributed by atoms with Crippen LogP contribution in [0.1, 0.15) is 57.9 Å². The number of pyridine rings is 2. The molecule has 4 heterocycles. The summed E-state index contributed by atoms with van der Waals surface area (Å²) in [6.45, 7) is 15.5. The summed E-state index contributed by atoms with van der Waals surface area (Å²) in [4.78, 5) is 66.7. The second-order valence-electron chi connectivity index (χ2n) is 15.1. The van der Waals surface area contributed by atoms with Gasteiger partial charge in [-0.25, -0.2) is 14.6 Å². The molecule has 4 aromatic rings. The van der Waals surface area contributed by atoms with E-state index in [4.69, 9.17) is 0 Å². The van der Waals surface area contributed by atoms with Crippen molar-refractivity contribution in [3.63, 3.8) is 0 Å². The number of benzene rings is 2. The number of nitrogens with zero attached hydrogens (tertiary/aromatic N) is 6. The van der Waals surface area contributed by atoms with Crippen molar-refractivity contribution in [1.29, 1.82) is 0 Å². The lowest BCUT2D eigenvalue weighted by atomic mass is 10.0. The van der Waals surface area contributed by atoms with Crippen molar-refractivity contribution in [3.8, 4) is 0 Å². The van der Waals surface area contributed by atoms with Gasteiger partial charge in [0.05, 0.1) is 35.9 Å². The molecule has 56 heavy (non-hydrogen) atoms. The number of rotatable bonds is 12. The van der Waals surface area contributed by atoms with Crippen LogP contribution in [0, 0.1) is 25.7 Å². The lowest BCUT2D eigenvalue weighted by Crippen LogP contribution is -2.42. The monoisotopic (exact) mass is 824 g/mol. The maximum atomic E-state index is 13.1. The number of aromatic nitrogens is 2. The highest BCUT2D eigenvalue weighted by Crippen LogP contribution is 2.29. The number of carbonyl (C=O) groups excluding carboxylic acids is 4. The smallest absolute Gasteiger partial charge is 0.325 e. The van der Waals surface area contributed by atoms with Gasteiger partial charge in [-0.05, 0) is 108 Å². The van der Waals surface area contributed by atoms with E-state index < -0.39 is 0 Å². The number of anilines is 4. The molecule has 0 bridgehead atoms. The topological polar surface area (TPSA) is 131 Å². The van der Waals surface area contributed by atoms with E-state index in [0.717, 1.165) is 52.4 Å². The van der Waals surface area contributed by atoms with Crippen molar-refractivity contribution in [3.05, 3.63) is 107 Å². The second kappa shape index (κ2) is 19.0. The number of halogens is 1. The zero-order valence-corrected chi connectivity index (χ0v) is 34.9. The zero-order chi connectivity index (χ0) is 40.5. The minimum Gasteiger partial charge on any atom is -0.325 e. The van der Waals surface area contributed by atoms with Gasteiger partial charge in [-0.3, -0.25) is 24.4 Å². The molecule has 2 fully saturated rings. The van der Waals surface area contributed by atoms with Crippen LogP contribution in [0.5, 0.6) is 0 Å². The number of hydrogen-bond acceptors (Lipinski definition) is 6. The molecule has 296 valence electrons. The standard InChI is InChI=1S/C23H30N4O2.C20H23BrN4O2/c1-5-7-18-10-11-20(13-24-18)26-14-21(16(2)3)27(23(26)29)15-22(28)25-19-9-6-8-17(4)12-19;1-13(2)17-11-24(16-7-8-18(21)22-10-16)20(27)25(17)12-19(26)23-15-6-4-5-14(3)9-15/h6,8-13,16,21H,5,7,14-15H2,1-4H3,(H,25,28);4-10,13,17H,11-12H2,1-3H3,(H,23,26)/t21-;17-/m11/s1. The molecule has 0 saturated carbocycles. The zero-order valence-electron chi connectivity index (χ0n) is 33.3. The van der Waals surface area contributed by atoms with Crippen LogP contribution in [0.15, 0.2) is 89.8 Å². The van der Waals surface area contributed by atoms with Gasteiger partial charge in [0.15, 0.2) is 0 Å². The van der Waals surface area contributed by atoms with Gasteiger partial charge < -0.3 is 20.4 Å². The van der Waals surface area contributed by atoms with Crippen molar-refractivity contribution < 1.29 is 19.2 Å². The maximum absolute atomic E-state index is 13.1. The quantitative estimate of drug-likeness (QED) is 0.138. The second-order valence-corrected chi connectivity index (χ2v) is 15.9. The molecule has 13 heteroatoms. The van der Waals surface area contributed by atoms with Gasteiger partial charge in [-0.2, -0.15) is 0 Å².